The lowest BCUT2D eigenvalue weighted by molar-refractivity contribution is -0.645. The summed E-state index contributed by atoms with van der Waals surface area (Å²) in [7, 11) is 11.8. The molecule has 3 saturated carbocycles. The number of rotatable bonds is 18. The van der Waals surface area contributed by atoms with Crippen LogP contribution in [0.1, 0.15) is 80.1 Å². The number of hydrogen-bond acceptors (Lipinski definition) is 32. The van der Waals surface area contributed by atoms with Crippen molar-refractivity contribution in [3.8, 4) is 50.3 Å². The first-order valence-electron chi connectivity index (χ1n) is 48.9. The SMILES string of the molecule is CNc1ccc(C)c2c1Cc1nc(Sc3cnc4ccc[n+](C)c4c3)nc(N3CC(N)C4(CC4)C3)c1-2.CNc1ccc(C)c2c1Cc1nc(Sc3cnc4ccc[n+](C)c4c3)nc(N3CC4C(N)C4C3)c1-2.CNc1cccc2c1Cc1nc(Sc3cnc4cccnc4c3)nc(N3CCN(C(O)c4cccs4)CC3)c1-2.COc1cccc2c1Cc1nc(Sc3cnc4cccnc4c3)nc(N3CC4C(N)C4C3)c1-2. The molecule has 6 atom stereocenters. The van der Waals surface area contributed by atoms with Crippen LogP contribution in [0.25, 0.3) is 88.6 Å². The van der Waals surface area contributed by atoms with Crippen molar-refractivity contribution in [2.24, 2.45) is 60.4 Å². The zero-order valence-corrected chi connectivity index (χ0v) is 84.6. The number of nitrogens with two attached hydrogens (primary N) is 3. The Bertz CT molecular complexity index is 7960. The molecule has 1 spiro atoms. The third-order valence-corrected chi connectivity index (χ3v) is 34.9. The number of aryl methyl sites for hydroxylation is 4. The fourth-order valence-corrected chi connectivity index (χ4v) is 26.6. The smallest absolute Gasteiger partial charge is 0.232 e. The fourth-order valence-electron chi connectivity index (χ4n) is 22.8. The molecule has 17 heterocycles. The van der Waals surface area contributed by atoms with Gasteiger partial charge in [-0.15, -0.1) is 11.3 Å². The molecule has 143 heavy (non-hydrogen) atoms. The van der Waals surface area contributed by atoms with Crippen LogP contribution in [0.5, 0.6) is 5.75 Å². The van der Waals surface area contributed by atoms with E-state index in [0.29, 0.717) is 40.9 Å². The lowest BCUT2D eigenvalue weighted by Crippen LogP contribution is -2.48. The summed E-state index contributed by atoms with van der Waals surface area (Å²) in [6.45, 7) is 13.2. The van der Waals surface area contributed by atoms with E-state index in [1.165, 1.54) is 109 Å². The van der Waals surface area contributed by atoms with E-state index in [2.05, 4.69) is 154 Å². The second-order valence-electron chi connectivity index (χ2n) is 39.1. The summed E-state index contributed by atoms with van der Waals surface area (Å²) in [6, 6.07) is 50.5. The molecule has 29 nitrogen and oxygen atoms in total. The number of piperidine rings is 2. The number of aromatic nitrogens is 16. The van der Waals surface area contributed by atoms with Gasteiger partial charge in [0, 0.05) is 267 Å². The number of anilines is 7. The Morgan fingerprint density at radius 3 is 1.32 bits per heavy atom. The first-order chi connectivity index (χ1) is 69.8. The minimum Gasteiger partial charge on any atom is -0.496 e. The molecule has 4 aliphatic heterocycles. The van der Waals surface area contributed by atoms with Gasteiger partial charge in [-0.2, -0.15) is 9.13 Å². The minimum absolute atomic E-state index is 0.203. The first kappa shape index (κ1) is 91.0. The maximum absolute atomic E-state index is 10.9. The third kappa shape index (κ3) is 16.7. The number of aliphatic hydroxyl groups excluding tert-OH is 1. The van der Waals surface area contributed by atoms with Gasteiger partial charge in [0.1, 0.15) is 60.4 Å². The Labute approximate surface area is 848 Å². The van der Waals surface area contributed by atoms with E-state index in [-0.39, 0.29) is 11.5 Å². The lowest BCUT2D eigenvalue weighted by atomic mass is 9.99. The van der Waals surface area contributed by atoms with Crippen molar-refractivity contribution in [1.82, 2.24) is 74.7 Å². The average Bonchev–Trinajstić information content (AvgIpc) is 1.57. The highest BCUT2D eigenvalue weighted by Gasteiger charge is 2.57. The number of benzene rings is 4. The number of nitrogens with one attached hydrogen (secondary N) is 3. The molecule has 11 aliphatic rings. The minimum atomic E-state index is -0.567. The molecular weight excluding hydrogens is 1880 g/mol. The maximum Gasteiger partial charge on any atom is 0.232 e. The highest BCUT2D eigenvalue weighted by Crippen LogP contribution is 2.58. The largest absolute Gasteiger partial charge is 0.496 e. The van der Waals surface area contributed by atoms with E-state index in [9.17, 15) is 5.11 Å². The van der Waals surface area contributed by atoms with Crippen LogP contribution in [0.15, 0.2) is 241 Å². The highest BCUT2D eigenvalue weighted by atomic mass is 32.2. The van der Waals surface area contributed by atoms with Gasteiger partial charge >= 0.3 is 0 Å². The summed E-state index contributed by atoms with van der Waals surface area (Å²) in [5.74, 6) is 7.32. The highest BCUT2D eigenvalue weighted by molar-refractivity contribution is 8.00. The van der Waals surface area contributed by atoms with Crippen molar-refractivity contribution in [1.29, 1.82) is 0 Å². The molecule has 17 aromatic rings. The van der Waals surface area contributed by atoms with E-state index in [0.717, 1.165) is 249 Å². The van der Waals surface area contributed by atoms with Crippen LogP contribution in [0.3, 0.4) is 0 Å². The van der Waals surface area contributed by atoms with Gasteiger partial charge in [-0.05, 0) is 232 Å². The van der Waals surface area contributed by atoms with Crippen LogP contribution in [0.2, 0.25) is 0 Å². The normalized spacial score (nSPS) is 19.6. The molecule has 4 aromatic carbocycles. The summed E-state index contributed by atoms with van der Waals surface area (Å²) in [5, 5.41) is 26.0. The summed E-state index contributed by atoms with van der Waals surface area (Å²) >= 11 is 7.83. The second-order valence-corrected chi connectivity index (χ2v) is 44.2. The zero-order chi connectivity index (χ0) is 96.9. The molecule has 718 valence electrons. The van der Waals surface area contributed by atoms with Gasteiger partial charge in [-0.1, -0.05) is 42.5 Å². The molecule has 6 unspecified atom stereocenters. The number of aliphatic hydroxyl groups is 1. The number of pyridine rings is 8. The second kappa shape index (κ2) is 36.9. The summed E-state index contributed by atoms with van der Waals surface area (Å²) in [5.41, 5.74) is 52.0. The van der Waals surface area contributed by atoms with E-state index in [1.807, 2.05) is 163 Å². The molecule has 28 rings (SSSR count). The predicted molar refractivity (Wildman–Crippen MR) is 566 cm³/mol. The molecule has 0 amide bonds. The van der Waals surface area contributed by atoms with Crippen molar-refractivity contribution in [3.63, 3.8) is 0 Å². The van der Waals surface area contributed by atoms with Crippen LogP contribution in [0, 0.1) is 42.9 Å². The average molecular weight is 1990 g/mol. The first-order valence-corrected chi connectivity index (χ1v) is 53.0. The Morgan fingerprint density at radius 1 is 0.427 bits per heavy atom. The number of thiophene rings is 1. The molecule has 13 aromatic heterocycles. The van der Waals surface area contributed by atoms with Gasteiger partial charge < -0.3 is 62.6 Å². The Morgan fingerprint density at radius 2 is 0.853 bits per heavy atom. The van der Waals surface area contributed by atoms with E-state index < -0.39 is 6.23 Å². The van der Waals surface area contributed by atoms with Crippen LogP contribution in [-0.2, 0) is 39.8 Å². The fraction of sp³-hybridized carbons (Fsp3) is 0.303. The number of ether oxygens (including phenoxy) is 1. The van der Waals surface area contributed by atoms with Crippen LogP contribution in [0.4, 0.5) is 40.3 Å². The van der Waals surface area contributed by atoms with Crippen LogP contribution < -0.4 is 66.6 Å². The molecule has 7 aliphatic carbocycles. The standard InChI is InChI=1S/C29H27N7OS2.C28H30N7S.C27H28N7S.C25H22N6OS/c1-30-21-6-2-5-19-20(21)16-24-26(19)27(35-10-12-36(13-11-35)28(37)25-8-4-14-38-25)34-29(33-24)39-18-15-23-22(32-17-18)7-3-9-31-23;1-16-6-7-19(30-2)18-12-21-25(24(16)18)26(35-14-23(29)28(15-35)8-9-28)33-27(32-21)36-17-11-22-20(31-13-17)5-4-10-34(22)3;1-14-6-7-19(29-2)16-10-21-24(23(14)16)26(34-12-17-18(13-34)25(17)28)32-27(31-21)35-15-9-22-20(30-11-15)5-4-8-33(22)3;1-32-21-6-2-4-14-15(21)9-20-22(14)24(31-11-16-17(12-31)23(16)26)30-25(29-20)33-13-8-19-18(28-10-13)5-3-7-27-19/h2-9,14-15,17,28,30,37H,10-13,16H2,1H3;4-7,10-11,13,23,30H,8-9,12,14-15,29H2,1-3H3;4-9,11,17-18,25,29H,10,12-13,28H2,1-3H3;2-8,10,16-17,23H,9,11-12,26H2,1H3/q;2*+1;. The number of methoxy groups -OCH3 is 1. The van der Waals surface area contributed by atoms with Crippen molar-refractivity contribution in [3.05, 3.63) is 262 Å². The summed E-state index contributed by atoms with van der Waals surface area (Å²) < 4.78 is 9.85. The van der Waals surface area contributed by atoms with E-state index in [4.69, 9.17) is 61.8 Å². The Balaban J connectivity index is 0.000000100. The quantitative estimate of drug-likeness (QED) is 0.0310. The van der Waals surface area contributed by atoms with Crippen LogP contribution >= 0.6 is 58.4 Å². The number of hydrogen-bond donors (Lipinski definition) is 7. The van der Waals surface area contributed by atoms with Crippen molar-refractivity contribution in [2.75, 3.05) is 129 Å². The summed E-state index contributed by atoms with van der Waals surface area (Å²) in [6.07, 6.45) is 20.3. The molecule has 4 saturated heterocycles. The lowest BCUT2D eigenvalue weighted by Gasteiger charge is -2.38. The van der Waals surface area contributed by atoms with Crippen molar-refractivity contribution >= 4 is 143 Å². The molecule has 34 heteroatoms. The van der Waals surface area contributed by atoms with E-state index in [1.54, 1.807) is 54.4 Å². The topological polar surface area (TPSA) is 348 Å². The molecule has 10 N–H and O–H groups in total. The number of piperazine rings is 1. The van der Waals surface area contributed by atoms with Gasteiger partial charge in [0.2, 0.25) is 11.0 Å². The van der Waals surface area contributed by atoms with Gasteiger partial charge in [0.05, 0.1) is 52.0 Å². The third-order valence-electron chi connectivity index (χ3n) is 30.7. The molecule has 0 bridgehead atoms. The van der Waals surface area contributed by atoms with Crippen LogP contribution in [-0.4, -0.2) is 192 Å². The molecule has 7 fully saturated rings. The molecule has 0 radical (unpaired) electrons. The van der Waals surface area contributed by atoms with Gasteiger partial charge in [-0.25, -0.2) is 49.8 Å². The Kier molecular flexibility index (Phi) is 23.4. The van der Waals surface area contributed by atoms with Gasteiger partial charge in [0.15, 0.2) is 33.0 Å². The molecular formula is C109H107N27O2S5+2. The van der Waals surface area contributed by atoms with E-state index >= 15 is 0 Å². The number of fused-ring (bicyclic) bond motifs is 18. The summed E-state index contributed by atoms with van der Waals surface area (Å²) in [4.78, 5) is 85.0. The van der Waals surface area contributed by atoms with Crippen molar-refractivity contribution in [2.45, 2.75) is 117 Å². The van der Waals surface area contributed by atoms with Gasteiger partial charge in [0.25, 0.3) is 0 Å². The maximum atomic E-state index is 10.9. The Hall–Kier alpha value is -13.3. The zero-order valence-electron chi connectivity index (χ0n) is 80.5. The number of nitrogens with zero attached hydrogens (tertiary/aromatic N) is 21. The monoisotopic (exact) mass is 1990 g/mol. The van der Waals surface area contributed by atoms with Crippen molar-refractivity contribution < 1.29 is 19.0 Å². The van der Waals surface area contributed by atoms with Gasteiger partial charge in [-0.3, -0.25) is 24.8 Å². The predicted octanol–water partition coefficient (Wildman–Crippen LogP) is 15.8.